The lowest BCUT2D eigenvalue weighted by Crippen LogP contribution is -2.32. The van der Waals surface area contributed by atoms with Crippen LogP contribution in [-0.4, -0.2) is 36.1 Å². The van der Waals surface area contributed by atoms with E-state index in [0.29, 0.717) is 0 Å². The van der Waals surface area contributed by atoms with Gasteiger partial charge in [-0.3, -0.25) is 0 Å². The molecule has 1 aromatic rings. The predicted molar refractivity (Wildman–Crippen MR) is 63.2 cm³/mol. The molecule has 0 saturated heterocycles. The van der Waals surface area contributed by atoms with Gasteiger partial charge in [-0.2, -0.15) is 0 Å². The zero-order valence-corrected chi connectivity index (χ0v) is 9.82. The van der Waals surface area contributed by atoms with E-state index < -0.39 is 0 Å². The van der Waals surface area contributed by atoms with Crippen LogP contribution in [0.15, 0.2) is 12.3 Å². The molecule has 0 atom stereocenters. The normalized spacial score (nSPS) is 10.3. The summed E-state index contributed by atoms with van der Waals surface area (Å²) in [6.07, 6.45) is 1.81. The molecule has 0 aliphatic rings. The lowest BCUT2D eigenvalue weighted by molar-refractivity contribution is 0.682. The number of aromatic nitrogens is 2. The van der Waals surface area contributed by atoms with Crippen LogP contribution in [0.1, 0.15) is 19.7 Å². The molecule has 0 aliphatic heterocycles. The summed E-state index contributed by atoms with van der Waals surface area (Å²) in [6.45, 7) is 10.1. The molecule has 4 heteroatoms. The van der Waals surface area contributed by atoms with E-state index in [1.807, 2.05) is 19.2 Å². The highest BCUT2D eigenvalue weighted by molar-refractivity contribution is 5.36. The van der Waals surface area contributed by atoms with Crippen molar-refractivity contribution in [3.8, 4) is 0 Å². The van der Waals surface area contributed by atoms with Gasteiger partial charge in [0.2, 0.25) is 0 Å². The molecule has 0 amide bonds. The maximum atomic E-state index is 4.41. The number of nitrogens with zero attached hydrogens (tertiary/aromatic N) is 3. The zero-order valence-electron chi connectivity index (χ0n) is 9.82. The summed E-state index contributed by atoms with van der Waals surface area (Å²) >= 11 is 0. The van der Waals surface area contributed by atoms with Gasteiger partial charge in [-0.15, -0.1) is 0 Å². The maximum Gasteiger partial charge on any atom is 0.132 e. The summed E-state index contributed by atoms with van der Waals surface area (Å²) in [4.78, 5) is 10.8. The minimum absolute atomic E-state index is 0.828. The van der Waals surface area contributed by atoms with Crippen LogP contribution < -0.4 is 10.2 Å². The first kappa shape index (κ1) is 11.9. The van der Waals surface area contributed by atoms with Crippen molar-refractivity contribution in [2.75, 3.05) is 31.1 Å². The second-order valence-corrected chi connectivity index (χ2v) is 3.40. The molecule has 4 nitrogen and oxygen atoms in total. The molecule has 84 valence electrons. The second kappa shape index (κ2) is 6.35. The Bertz CT molecular complexity index is 288. The molecular weight excluding hydrogens is 188 g/mol. The molecule has 1 rings (SSSR count). The van der Waals surface area contributed by atoms with E-state index in [4.69, 9.17) is 0 Å². The molecule has 0 radical (unpaired) electrons. The van der Waals surface area contributed by atoms with E-state index in [1.54, 1.807) is 0 Å². The Kier molecular flexibility index (Phi) is 5.04. The summed E-state index contributed by atoms with van der Waals surface area (Å²) in [5.74, 6) is 1.84. The Balaban J connectivity index is 2.57. The van der Waals surface area contributed by atoms with E-state index in [-0.39, 0.29) is 0 Å². The van der Waals surface area contributed by atoms with Gasteiger partial charge in [0.1, 0.15) is 11.6 Å². The largest absolute Gasteiger partial charge is 0.356 e. The molecule has 0 spiro atoms. The fourth-order valence-electron chi connectivity index (χ4n) is 1.45. The van der Waals surface area contributed by atoms with Crippen molar-refractivity contribution in [2.45, 2.75) is 20.8 Å². The van der Waals surface area contributed by atoms with Gasteiger partial charge in [-0.05, 0) is 26.5 Å². The Hall–Kier alpha value is -1.16. The number of hydrogen-bond acceptors (Lipinski definition) is 4. The van der Waals surface area contributed by atoms with Crippen molar-refractivity contribution in [1.82, 2.24) is 15.3 Å². The summed E-state index contributed by atoms with van der Waals surface area (Å²) < 4.78 is 0. The van der Waals surface area contributed by atoms with E-state index >= 15 is 0 Å². The van der Waals surface area contributed by atoms with E-state index in [9.17, 15) is 0 Å². The molecule has 0 saturated carbocycles. The van der Waals surface area contributed by atoms with Crippen LogP contribution in [0, 0.1) is 6.92 Å². The molecule has 1 N–H and O–H groups in total. The summed E-state index contributed by atoms with van der Waals surface area (Å²) in [5.41, 5.74) is 0. The van der Waals surface area contributed by atoms with E-state index in [2.05, 4.69) is 34.0 Å². The van der Waals surface area contributed by atoms with Crippen molar-refractivity contribution in [1.29, 1.82) is 0 Å². The molecule has 15 heavy (non-hydrogen) atoms. The van der Waals surface area contributed by atoms with Crippen molar-refractivity contribution >= 4 is 5.82 Å². The van der Waals surface area contributed by atoms with Crippen LogP contribution in [0.2, 0.25) is 0 Å². The van der Waals surface area contributed by atoms with Crippen LogP contribution >= 0.6 is 0 Å². The van der Waals surface area contributed by atoms with Crippen molar-refractivity contribution in [3.63, 3.8) is 0 Å². The number of nitrogens with one attached hydrogen (secondary N) is 1. The maximum absolute atomic E-state index is 4.41. The Morgan fingerprint density at radius 2 is 2.20 bits per heavy atom. The second-order valence-electron chi connectivity index (χ2n) is 3.40. The van der Waals surface area contributed by atoms with Crippen LogP contribution in [0.4, 0.5) is 5.82 Å². The van der Waals surface area contributed by atoms with Crippen molar-refractivity contribution < 1.29 is 0 Å². The first-order chi connectivity index (χ1) is 7.27. The third-order valence-electron chi connectivity index (χ3n) is 2.28. The molecule has 0 fully saturated rings. The number of hydrogen-bond donors (Lipinski definition) is 1. The molecule has 0 bridgehead atoms. The van der Waals surface area contributed by atoms with Gasteiger partial charge in [0.15, 0.2) is 0 Å². The predicted octanol–water partition coefficient (Wildman–Crippen LogP) is 1.22. The lowest BCUT2D eigenvalue weighted by Gasteiger charge is -2.21. The summed E-state index contributed by atoms with van der Waals surface area (Å²) in [7, 11) is 0. The highest BCUT2D eigenvalue weighted by Crippen LogP contribution is 2.08. The fraction of sp³-hybridized carbons (Fsp3) is 0.636. The van der Waals surface area contributed by atoms with Crippen LogP contribution in [-0.2, 0) is 0 Å². The molecule has 0 aromatic carbocycles. The first-order valence-corrected chi connectivity index (χ1v) is 5.53. The number of aryl methyl sites for hydroxylation is 1. The van der Waals surface area contributed by atoms with Crippen molar-refractivity contribution in [3.05, 3.63) is 18.1 Å². The number of rotatable bonds is 6. The van der Waals surface area contributed by atoms with Crippen LogP contribution in [0.25, 0.3) is 0 Å². The molecule has 1 heterocycles. The first-order valence-electron chi connectivity index (χ1n) is 5.53. The Morgan fingerprint density at radius 3 is 2.80 bits per heavy atom. The fourth-order valence-corrected chi connectivity index (χ4v) is 1.45. The van der Waals surface area contributed by atoms with Gasteiger partial charge in [0.05, 0.1) is 0 Å². The minimum Gasteiger partial charge on any atom is -0.356 e. The smallest absolute Gasteiger partial charge is 0.132 e. The van der Waals surface area contributed by atoms with E-state index in [0.717, 1.165) is 37.8 Å². The van der Waals surface area contributed by atoms with Gasteiger partial charge in [0, 0.05) is 25.8 Å². The summed E-state index contributed by atoms with van der Waals surface area (Å²) in [6, 6.07) is 1.96. The van der Waals surface area contributed by atoms with Crippen molar-refractivity contribution in [2.24, 2.45) is 0 Å². The lowest BCUT2D eigenvalue weighted by atomic mass is 10.4. The van der Waals surface area contributed by atoms with E-state index in [1.165, 1.54) is 0 Å². The minimum atomic E-state index is 0.828. The topological polar surface area (TPSA) is 41.0 Å². The SMILES string of the molecule is CCNCCN(CC)c1ccnc(C)n1. The third-order valence-corrected chi connectivity index (χ3v) is 2.28. The average Bonchev–Trinajstić information content (AvgIpc) is 2.24. The zero-order chi connectivity index (χ0) is 11.1. The Labute approximate surface area is 91.7 Å². The number of anilines is 1. The van der Waals surface area contributed by atoms with Gasteiger partial charge in [0.25, 0.3) is 0 Å². The van der Waals surface area contributed by atoms with Crippen LogP contribution in [0.5, 0.6) is 0 Å². The molecular formula is C11H20N4. The highest BCUT2D eigenvalue weighted by atomic mass is 15.2. The summed E-state index contributed by atoms with van der Waals surface area (Å²) in [5, 5.41) is 3.31. The average molecular weight is 208 g/mol. The van der Waals surface area contributed by atoms with Crippen LogP contribution in [0.3, 0.4) is 0 Å². The molecule has 0 unspecified atom stereocenters. The third kappa shape index (κ3) is 3.83. The monoisotopic (exact) mass is 208 g/mol. The molecule has 0 aliphatic carbocycles. The number of likely N-dealkylation sites (N-methyl/N-ethyl adjacent to an activating group) is 2. The Morgan fingerprint density at radius 1 is 1.40 bits per heavy atom. The highest BCUT2D eigenvalue weighted by Gasteiger charge is 2.04. The standard InChI is InChI=1S/C11H20N4/c1-4-12-8-9-15(5-2)11-6-7-13-10(3)14-11/h6-7,12H,4-5,8-9H2,1-3H3. The van der Waals surface area contributed by atoms with Gasteiger partial charge >= 0.3 is 0 Å². The van der Waals surface area contributed by atoms with Gasteiger partial charge in [-0.1, -0.05) is 6.92 Å². The quantitative estimate of drug-likeness (QED) is 0.714. The van der Waals surface area contributed by atoms with Gasteiger partial charge in [-0.25, -0.2) is 9.97 Å². The van der Waals surface area contributed by atoms with Gasteiger partial charge < -0.3 is 10.2 Å². The molecule has 1 aromatic heterocycles.